The summed E-state index contributed by atoms with van der Waals surface area (Å²) in [4.78, 5) is 12.5. The van der Waals surface area contributed by atoms with Crippen LogP contribution in [-0.4, -0.2) is 14.5 Å². The number of aromatic nitrogens is 2. The second-order valence-corrected chi connectivity index (χ2v) is 4.03. The molecule has 13 heavy (non-hydrogen) atoms. The highest BCUT2D eigenvalue weighted by Crippen LogP contribution is 2.18. The van der Waals surface area contributed by atoms with Crippen molar-refractivity contribution in [3.63, 3.8) is 0 Å². The Balaban J connectivity index is 2.39. The molecule has 0 saturated carbocycles. The van der Waals surface area contributed by atoms with Gasteiger partial charge in [-0.2, -0.15) is 8.75 Å². The predicted octanol–water partition coefficient (Wildman–Crippen LogP) is 2.14. The average molecular weight is 210 g/mol. The molecule has 2 heterocycles. The van der Waals surface area contributed by atoms with Crippen molar-refractivity contribution in [2.75, 3.05) is 0 Å². The van der Waals surface area contributed by atoms with E-state index in [1.165, 1.54) is 17.5 Å². The van der Waals surface area contributed by atoms with Crippen LogP contribution in [0.1, 0.15) is 20.9 Å². The third-order valence-electron chi connectivity index (χ3n) is 1.66. The number of hydrogen-bond acceptors (Lipinski definition) is 5. The number of carbonyl (C=O) groups excluding carboxylic acids is 1. The molecule has 2 aromatic heterocycles. The van der Waals surface area contributed by atoms with Crippen LogP contribution in [0.15, 0.2) is 17.6 Å². The van der Waals surface area contributed by atoms with Gasteiger partial charge >= 0.3 is 0 Å². The monoisotopic (exact) mass is 210 g/mol. The second-order valence-electron chi connectivity index (χ2n) is 2.55. The molecule has 0 fully saturated rings. The quantitative estimate of drug-likeness (QED) is 0.713. The van der Waals surface area contributed by atoms with Crippen LogP contribution >= 0.6 is 23.1 Å². The van der Waals surface area contributed by atoms with Gasteiger partial charge in [0.1, 0.15) is 5.69 Å². The number of aryl methyl sites for hydroxylation is 1. The van der Waals surface area contributed by atoms with E-state index in [9.17, 15) is 4.79 Å². The number of rotatable bonds is 2. The SMILES string of the molecule is Cc1ccsc1C(=O)c1cnsn1. The Bertz CT molecular complexity index is 419. The maximum atomic E-state index is 11.7. The summed E-state index contributed by atoms with van der Waals surface area (Å²) in [7, 11) is 0. The maximum absolute atomic E-state index is 11.7. The molecule has 0 aromatic carbocycles. The molecule has 3 nitrogen and oxygen atoms in total. The van der Waals surface area contributed by atoms with Crippen molar-refractivity contribution in [3.05, 3.63) is 33.8 Å². The van der Waals surface area contributed by atoms with Gasteiger partial charge in [-0.05, 0) is 23.9 Å². The Hall–Kier alpha value is -1.07. The molecule has 2 rings (SSSR count). The van der Waals surface area contributed by atoms with E-state index in [-0.39, 0.29) is 5.78 Å². The summed E-state index contributed by atoms with van der Waals surface area (Å²) < 4.78 is 7.70. The van der Waals surface area contributed by atoms with Crippen LogP contribution in [0, 0.1) is 6.92 Å². The van der Waals surface area contributed by atoms with Crippen molar-refractivity contribution < 1.29 is 4.79 Å². The largest absolute Gasteiger partial charge is 0.286 e. The molecule has 0 saturated heterocycles. The summed E-state index contributed by atoms with van der Waals surface area (Å²) in [6.07, 6.45) is 1.51. The predicted molar refractivity (Wildman–Crippen MR) is 52.4 cm³/mol. The zero-order chi connectivity index (χ0) is 9.26. The molecule has 0 aliphatic rings. The molecule has 0 atom stereocenters. The third-order valence-corrected chi connectivity index (χ3v) is 3.16. The fourth-order valence-electron chi connectivity index (χ4n) is 0.986. The van der Waals surface area contributed by atoms with Crippen molar-refractivity contribution >= 4 is 28.8 Å². The molecule has 0 spiro atoms. The highest BCUT2D eigenvalue weighted by atomic mass is 32.1. The van der Waals surface area contributed by atoms with Crippen LogP contribution in [0.25, 0.3) is 0 Å². The van der Waals surface area contributed by atoms with E-state index < -0.39 is 0 Å². The van der Waals surface area contributed by atoms with E-state index in [4.69, 9.17) is 0 Å². The van der Waals surface area contributed by atoms with Crippen molar-refractivity contribution in [3.8, 4) is 0 Å². The van der Waals surface area contributed by atoms with Crippen LogP contribution in [0.4, 0.5) is 0 Å². The minimum absolute atomic E-state index is 0.0266. The normalized spacial score (nSPS) is 10.2. The lowest BCUT2D eigenvalue weighted by atomic mass is 10.2. The molecule has 2 aromatic rings. The van der Waals surface area contributed by atoms with Gasteiger partial charge in [0, 0.05) is 0 Å². The number of thiophene rings is 1. The van der Waals surface area contributed by atoms with E-state index in [0.29, 0.717) is 5.69 Å². The highest BCUT2D eigenvalue weighted by molar-refractivity contribution is 7.12. The van der Waals surface area contributed by atoms with E-state index in [1.54, 1.807) is 0 Å². The fraction of sp³-hybridized carbons (Fsp3) is 0.125. The molecule has 0 N–H and O–H groups in total. The average Bonchev–Trinajstić information content (AvgIpc) is 2.72. The Labute approximate surface area is 83.4 Å². The van der Waals surface area contributed by atoms with Crippen LogP contribution in [0.5, 0.6) is 0 Å². The van der Waals surface area contributed by atoms with Gasteiger partial charge in [-0.1, -0.05) is 0 Å². The molecule has 5 heteroatoms. The maximum Gasteiger partial charge on any atom is 0.224 e. The first-order chi connectivity index (χ1) is 6.29. The summed E-state index contributed by atoms with van der Waals surface area (Å²) in [6, 6.07) is 1.93. The minimum atomic E-state index is -0.0266. The topological polar surface area (TPSA) is 42.9 Å². The lowest BCUT2D eigenvalue weighted by Gasteiger charge is -1.92. The number of nitrogens with zero attached hydrogens (tertiary/aromatic N) is 2. The van der Waals surface area contributed by atoms with E-state index in [1.807, 2.05) is 18.4 Å². The summed E-state index contributed by atoms with van der Waals surface area (Å²) in [5.74, 6) is -0.0266. The first-order valence-corrected chi connectivity index (χ1v) is 5.26. The minimum Gasteiger partial charge on any atom is -0.286 e. The van der Waals surface area contributed by atoms with Crippen molar-refractivity contribution in [2.45, 2.75) is 6.92 Å². The fourth-order valence-corrected chi connectivity index (χ4v) is 2.27. The molecular formula is C8H6N2OS2. The molecule has 0 aliphatic carbocycles. The summed E-state index contributed by atoms with van der Waals surface area (Å²) >= 11 is 2.50. The Morgan fingerprint density at radius 2 is 2.38 bits per heavy atom. The van der Waals surface area contributed by atoms with Gasteiger partial charge in [0.25, 0.3) is 0 Å². The van der Waals surface area contributed by atoms with Gasteiger partial charge < -0.3 is 0 Å². The molecule has 0 radical (unpaired) electrons. The van der Waals surface area contributed by atoms with Gasteiger partial charge in [-0.3, -0.25) is 4.79 Å². The number of carbonyl (C=O) groups is 1. The van der Waals surface area contributed by atoms with Gasteiger partial charge in [0.05, 0.1) is 22.8 Å². The van der Waals surface area contributed by atoms with Gasteiger partial charge in [-0.25, -0.2) is 0 Å². The summed E-state index contributed by atoms with van der Waals surface area (Å²) in [5, 5.41) is 1.91. The number of ketones is 1. The lowest BCUT2D eigenvalue weighted by molar-refractivity contribution is 0.103. The first kappa shape index (κ1) is 8.52. The lowest BCUT2D eigenvalue weighted by Crippen LogP contribution is -1.99. The second kappa shape index (κ2) is 3.35. The third kappa shape index (κ3) is 1.52. The van der Waals surface area contributed by atoms with E-state index in [0.717, 1.165) is 22.2 Å². The standard InChI is InChI=1S/C8H6N2OS2/c1-5-2-3-12-8(5)7(11)6-4-9-13-10-6/h2-4H,1H3. The van der Waals surface area contributed by atoms with Crippen molar-refractivity contribution in [1.82, 2.24) is 8.75 Å². The molecule has 66 valence electrons. The molecule has 0 bridgehead atoms. The van der Waals surface area contributed by atoms with E-state index in [2.05, 4.69) is 8.75 Å². The molecular weight excluding hydrogens is 204 g/mol. The van der Waals surface area contributed by atoms with Crippen LogP contribution < -0.4 is 0 Å². The zero-order valence-electron chi connectivity index (χ0n) is 6.85. The van der Waals surface area contributed by atoms with Crippen molar-refractivity contribution in [1.29, 1.82) is 0 Å². The van der Waals surface area contributed by atoms with Gasteiger partial charge in [0.15, 0.2) is 0 Å². The Morgan fingerprint density at radius 3 is 2.92 bits per heavy atom. The van der Waals surface area contributed by atoms with Crippen LogP contribution in [0.3, 0.4) is 0 Å². The molecule has 0 unspecified atom stereocenters. The van der Waals surface area contributed by atoms with Crippen molar-refractivity contribution in [2.24, 2.45) is 0 Å². The van der Waals surface area contributed by atoms with Gasteiger partial charge in [-0.15, -0.1) is 11.3 Å². The summed E-state index contributed by atoms with van der Waals surface area (Å²) in [6.45, 7) is 1.92. The molecule has 0 aliphatic heterocycles. The highest BCUT2D eigenvalue weighted by Gasteiger charge is 2.14. The molecule has 0 amide bonds. The smallest absolute Gasteiger partial charge is 0.224 e. The Kier molecular flexibility index (Phi) is 2.20. The van der Waals surface area contributed by atoms with Crippen LogP contribution in [-0.2, 0) is 0 Å². The Morgan fingerprint density at radius 1 is 1.54 bits per heavy atom. The van der Waals surface area contributed by atoms with Crippen LogP contribution in [0.2, 0.25) is 0 Å². The van der Waals surface area contributed by atoms with E-state index >= 15 is 0 Å². The van der Waals surface area contributed by atoms with Gasteiger partial charge in [0.2, 0.25) is 5.78 Å². The zero-order valence-corrected chi connectivity index (χ0v) is 8.48. The first-order valence-electron chi connectivity index (χ1n) is 3.65. The number of hydrogen-bond donors (Lipinski definition) is 0. The summed E-state index contributed by atoms with van der Waals surface area (Å²) in [5.41, 5.74) is 1.44.